The van der Waals surface area contributed by atoms with Crippen molar-refractivity contribution in [1.29, 1.82) is 0 Å². The minimum Gasteiger partial charge on any atom is -0.381 e. The van der Waals surface area contributed by atoms with Crippen molar-refractivity contribution < 1.29 is 4.74 Å². The van der Waals surface area contributed by atoms with Crippen molar-refractivity contribution in [2.24, 2.45) is 5.92 Å². The Hall–Kier alpha value is -1.34. The molecule has 1 aromatic carbocycles. The molecule has 0 aliphatic heterocycles. The molecule has 0 saturated carbocycles. The molecule has 0 aliphatic rings. The third-order valence-corrected chi connectivity index (χ3v) is 2.53. The number of ether oxygens (including phenoxy) is 1. The first kappa shape index (κ1) is 13.7. The van der Waals surface area contributed by atoms with Crippen LogP contribution in [0.1, 0.15) is 31.9 Å². The van der Waals surface area contributed by atoms with Crippen molar-refractivity contribution in [1.82, 2.24) is 0 Å². The number of allylic oxidation sites excluding steroid dienone is 1. The molecule has 1 aromatic rings. The molecule has 1 atom stereocenters. The molecule has 17 heavy (non-hydrogen) atoms. The lowest BCUT2D eigenvalue weighted by Crippen LogP contribution is -2.02. The van der Waals surface area contributed by atoms with Gasteiger partial charge in [-0.3, -0.25) is 0 Å². The Labute approximate surface area is 105 Å². The highest BCUT2D eigenvalue weighted by Gasteiger charge is 1.97. The van der Waals surface area contributed by atoms with Gasteiger partial charge in [-0.25, -0.2) is 0 Å². The smallest absolute Gasteiger partial charge is 0.0526 e. The normalized spacial score (nSPS) is 13.6. The second kappa shape index (κ2) is 7.86. The van der Waals surface area contributed by atoms with Crippen LogP contribution in [-0.4, -0.2) is 13.2 Å². The second-order valence-electron chi connectivity index (χ2n) is 4.12. The molecule has 0 saturated heterocycles. The lowest BCUT2D eigenvalue weighted by Gasteiger charge is -2.06. The highest BCUT2D eigenvalue weighted by molar-refractivity contribution is 5.65. The summed E-state index contributed by atoms with van der Waals surface area (Å²) >= 11 is 0. The molecule has 1 heteroatoms. The van der Waals surface area contributed by atoms with Gasteiger partial charge in [0, 0.05) is 6.61 Å². The molecule has 0 bridgehead atoms. The highest BCUT2D eigenvalue weighted by atomic mass is 16.5. The van der Waals surface area contributed by atoms with Gasteiger partial charge < -0.3 is 4.74 Å². The Morgan fingerprint density at radius 3 is 2.41 bits per heavy atom. The van der Waals surface area contributed by atoms with Crippen LogP contribution in [0.5, 0.6) is 0 Å². The fourth-order valence-electron chi connectivity index (χ4n) is 1.62. The molecule has 0 heterocycles. The molecule has 0 radical (unpaired) electrons. The molecule has 0 aromatic heterocycles. The number of hydrogen-bond donors (Lipinski definition) is 0. The Balaban J connectivity index is 2.70. The van der Waals surface area contributed by atoms with Gasteiger partial charge in [0.1, 0.15) is 0 Å². The Morgan fingerprint density at radius 2 is 1.82 bits per heavy atom. The molecule has 0 spiro atoms. The molecule has 1 rings (SSSR count). The van der Waals surface area contributed by atoms with Crippen LogP contribution in [0.15, 0.2) is 36.4 Å². The summed E-state index contributed by atoms with van der Waals surface area (Å²) in [6, 6.07) is 8.41. The topological polar surface area (TPSA) is 9.23 Å². The minimum atomic E-state index is 0.452. The van der Waals surface area contributed by atoms with E-state index in [2.05, 4.69) is 55.5 Å². The van der Waals surface area contributed by atoms with Crippen LogP contribution in [-0.2, 0) is 4.74 Å². The standard InChI is InChI=1S/C16H22O/c1-4-8-15-9-6-7-10-16(15)12-11-14(3)13-17-5-2/h4,6-12,14H,5,13H2,1-3H3/b8-4+,12-11-. The molecule has 0 fully saturated rings. The van der Waals surface area contributed by atoms with Crippen molar-refractivity contribution in [3.63, 3.8) is 0 Å². The third kappa shape index (κ3) is 5.01. The molecule has 1 unspecified atom stereocenters. The zero-order valence-corrected chi connectivity index (χ0v) is 11.0. The summed E-state index contributed by atoms with van der Waals surface area (Å²) < 4.78 is 5.40. The number of benzene rings is 1. The van der Waals surface area contributed by atoms with Gasteiger partial charge in [0.2, 0.25) is 0 Å². The van der Waals surface area contributed by atoms with E-state index in [1.165, 1.54) is 11.1 Å². The first-order valence-electron chi connectivity index (χ1n) is 6.25. The molecular weight excluding hydrogens is 208 g/mol. The van der Waals surface area contributed by atoms with Gasteiger partial charge in [-0.05, 0) is 30.9 Å². The maximum absolute atomic E-state index is 5.40. The summed E-state index contributed by atoms with van der Waals surface area (Å²) in [5, 5.41) is 0. The Bertz CT molecular complexity index is 377. The third-order valence-electron chi connectivity index (χ3n) is 2.53. The fourth-order valence-corrected chi connectivity index (χ4v) is 1.62. The van der Waals surface area contributed by atoms with E-state index in [4.69, 9.17) is 4.74 Å². The molecule has 92 valence electrons. The van der Waals surface area contributed by atoms with Crippen molar-refractivity contribution in [3.05, 3.63) is 47.5 Å². The van der Waals surface area contributed by atoms with Crippen LogP contribution in [0.25, 0.3) is 12.2 Å². The quantitative estimate of drug-likeness (QED) is 0.703. The van der Waals surface area contributed by atoms with E-state index in [1.54, 1.807) is 0 Å². The van der Waals surface area contributed by atoms with Crippen LogP contribution in [0.2, 0.25) is 0 Å². The molecular formula is C16H22O. The van der Waals surface area contributed by atoms with Gasteiger partial charge in [-0.2, -0.15) is 0 Å². The van der Waals surface area contributed by atoms with Crippen LogP contribution in [0.3, 0.4) is 0 Å². The molecule has 1 nitrogen and oxygen atoms in total. The van der Waals surface area contributed by atoms with Gasteiger partial charge in [-0.15, -0.1) is 0 Å². The van der Waals surface area contributed by atoms with E-state index in [0.717, 1.165) is 13.2 Å². The average molecular weight is 230 g/mol. The number of rotatable bonds is 6. The zero-order valence-electron chi connectivity index (χ0n) is 11.0. The van der Waals surface area contributed by atoms with Crippen LogP contribution in [0.4, 0.5) is 0 Å². The van der Waals surface area contributed by atoms with Gasteiger partial charge in [0.05, 0.1) is 6.61 Å². The van der Waals surface area contributed by atoms with Gasteiger partial charge in [0.15, 0.2) is 0 Å². The second-order valence-corrected chi connectivity index (χ2v) is 4.12. The van der Waals surface area contributed by atoms with E-state index in [0.29, 0.717) is 5.92 Å². The fraction of sp³-hybridized carbons (Fsp3) is 0.375. The number of hydrogen-bond acceptors (Lipinski definition) is 1. The van der Waals surface area contributed by atoms with Crippen molar-refractivity contribution in [3.8, 4) is 0 Å². The Morgan fingerprint density at radius 1 is 1.18 bits per heavy atom. The summed E-state index contributed by atoms with van der Waals surface area (Å²) in [4.78, 5) is 0. The first-order valence-corrected chi connectivity index (χ1v) is 6.25. The molecule has 0 aliphatic carbocycles. The van der Waals surface area contributed by atoms with Crippen molar-refractivity contribution in [2.45, 2.75) is 20.8 Å². The Kier molecular flexibility index (Phi) is 6.34. The summed E-state index contributed by atoms with van der Waals surface area (Å²) in [7, 11) is 0. The predicted octanol–water partition coefficient (Wildman–Crippen LogP) is 4.41. The van der Waals surface area contributed by atoms with E-state index in [-0.39, 0.29) is 0 Å². The lowest BCUT2D eigenvalue weighted by atomic mass is 10.0. The monoisotopic (exact) mass is 230 g/mol. The molecule has 0 amide bonds. The van der Waals surface area contributed by atoms with Crippen LogP contribution < -0.4 is 0 Å². The lowest BCUT2D eigenvalue weighted by molar-refractivity contribution is 0.129. The summed E-state index contributed by atoms with van der Waals surface area (Å²) in [5.74, 6) is 0.452. The maximum atomic E-state index is 5.40. The minimum absolute atomic E-state index is 0.452. The van der Waals surface area contributed by atoms with E-state index in [9.17, 15) is 0 Å². The summed E-state index contributed by atoms with van der Waals surface area (Å²) in [6.07, 6.45) is 8.58. The predicted molar refractivity (Wildman–Crippen MR) is 75.8 cm³/mol. The van der Waals surface area contributed by atoms with Crippen LogP contribution >= 0.6 is 0 Å². The highest BCUT2D eigenvalue weighted by Crippen LogP contribution is 2.14. The van der Waals surface area contributed by atoms with E-state index >= 15 is 0 Å². The van der Waals surface area contributed by atoms with E-state index < -0.39 is 0 Å². The van der Waals surface area contributed by atoms with Crippen LogP contribution in [0, 0.1) is 5.92 Å². The summed E-state index contributed by atoms with van der Waals surface area (Å²) in [5.41, 5.74) is 2.52. The zero-order chi connectivity index (χ0) is 12.5. The van der Waals surface area contributed by atoms with Gasteiger partial charge in [0.25, 0.3) is 0 Å². The first-order chi connectivity index (χ1) is 8.27. The van der Waals surface area contributed by atoms with Crippen molar-refractivity contribution in [2.75, 3.05) is 13.2 Å². The van der Waals surface area contributed by atoms with Gasteiger partial charge >= 0.3 is 0 Å². The maximum Gasteiger partial charge on any atom is 0.0526 e. The average Bonchev–Trinajstić information content (AvgIpc) is 2.35. The largest absolute Gasteiger partial charge is 0.381 e. The van der Waals surface area contributed by atoms with Crippen molar-refractivity contribution >= 4 is 12.2 Å². The van der Waals surface area contributed by atoms with Gasteiger partial charge in [-0.1, -0.05) is 55.5 Å². The van der Waals surface area contributed by atoms with E-state index in [1.807, 2.05) is 13.8 Å². The summed E-state index contributed by atoms with van der Waals surface area (Å²) in [6.45, 7) is 7.81. The SMILES string of the molecule is C/C=C/c1ccccc1/C=C\C(C)COCC. The molecule has 0 N–H and O–H groups in total.